The third kappa shape index (κ3) is 4.00. The molecule has 0 bridgehead atoms. The molecule has 1 aromatic carbocycles. The van der Waals surface area contributed by atoms with Crippen molar-refractivity contribution in [2.45, 2.75) is 6.92 Å². The lowest BCUT2D eigenvalue weighted by atomic mass is 9.93. The summed E-state index contributed by atoms with van der Waals surface area (Å²) in [5.41, 5.74) is 1.13. The van der Waals surface area contributed by atoms with Gasteiger partial charge in [-0.2, -0.15) is 0 Å². The van der Waals surface area contributed by atoms with Crippen molar-refractivity contribution in [3.05, 3.63) is 58.6 Å². The van der Waals surface area contributed by atoms with Crippen molar-refractivity contribution < 1.29 is 33.7 Å². The number of carboxylic acid groups (broad SMARTS) is 1. The predicted molar refractivity (Wildman–Crippen MR) is 92.4 cm³/mol. The minimum Gasteiger partial charge on any atom is -0.489 e. The molecule has 0 saturated heterocycles. The molecule has 0 heterocycles. The van der Waals surface area contributed by atoms with Crippen LogP contribution >= 0.6 is 0 Å². The highest BCUT2D eigenvalue weighted by Gasteiger charge is 2.34. The molecule has 0 fully saturated rings. The molecule has 1 aromatic rings. The van der Waals surface area contributed by atoms with E-state index in [9.17, 15) is 14.4 Å². The molecule has 0 saturated carbocycles. The van der Waals surface area contributed by atoms with E-state index in [-0.39, 0.29) is 29.3 Å². The zero-order valence-corrected chi connectivity index (χ0v) is 14.6. The van der Waals surface area contributed by atoms with Crippen LogP contribution < -0.4 is 4.74 Å². The Bertz CT molecular complexity index is 826. The largest absolute Gasteiger partial charge is 0.489 e. The lowest BCUT2D eigenvalue weighted by Crippen LogP contribution is -2.27. The number of hydrogen-bond donors (Lipinski definition) is 1. The van der Waals surface area contributed by atoms with Gasteiger partial charge in [0.1, 0.15) is 12.4 Å². The van der Waals surface area contributed by atoms with E-state index in [1.54, 1.807) is 24.3 Å². The second-order valence-electron chi connectivity index (χ2n) is 5.36. The van der Waals surface area contributed by atoms with Crippen molar-refractivity contribution in [1.29, 1.82) is 0 Å². The Kier molecular flexibility index (Phi) is 5.95. The summed E-state index contributed by atoms with van der Waals surface area (Å²) in [5.74, 6) is -1.70. The Morgan fingerprint density at radius 2 is 1.62 bits per heavy atom. The van der Waals surface area contributed by atoms with E-state index in [0.717, 1.165) is 6.08 Å². The molecule has 136 valence electrons. The summed E-state index contributed by atoms with van der Waals surface area (Å²) >= 11 is 0. The fraction of sp³-hybridized carbons (Fsp3) is 0.211. The second-order valence-corrected chi connectivity index (χ2v) is 5.36. The van der Waals surface area contributed by atoms with Crippen LogP contribution in [0.5, 0.6) is 5.75 Å². The van der Waals surface area contributed by atoms with Crippen molar-refractivity contribution >= 4 is 23.6 Å². The number of allylic oxidation sites excluding steroid dienone is 2. The van der Waals surface area contributed by atoms with Gasteiger partial charge in [-0.15, -0.1) is 0 Å². The van der Waals surface area contributed by atoms with Gasteiger partial charge in [-0.1, -0.05) is 12.1 Å². The van der Waals surface area contributed by atoms with Crippen LogP contribution in [0.25, 0.3) is 6.08 Å². The van der Waals surface area contributed by atoms with Crippen LogP contribution in [0.4, 0.5) is 0 Å². The molecule has 7 heteroatoms. The van der Waals surface area contributed by atoms with Gasteiger partial charge in [0.05, 0.1) is 14.2 Å². The highest BCUT2D eigenvalue weighted by Crippen LogP contribution is 2.26. The number of carbonyl (C=O) groups excluding carboxylic acids is 2. The van der Waals surface area contributed by atoms with E-state index < -0.39 is 17.5 Å². The number of carbonyl (C=O) groups is 3. The maximum Gasteiger partial charge on any atom is 0.328 e. The van der Waals surface area contributed by atoms with Crippen LogP contribution in [0.2, 0.25) is 0 Å². The van der Waals surface area contributed by atoms with Gasteiger partial charge in [0.2, 0.25) is 23.1 Å². The SMILES string of the molecule is COC1=C(OC)C(=O)C(COc2ccc(C=CC(=O)O)cc2)=C(C)C1=O. The molecular weight excluding hydrogens is 340 g/mol. The number of Topliss-reactive ketones (excluding diaryl/α,β-unsaturated/α-hetero) is 2. The monoisotopic (exact) mass is 358 g/mol. The van der Waals surface area contributed by atoms with Crippen LogP contribution in [0, 0.1) is 0 Å². The summed E-state index contributed by atoms with van der Waals surface area (Å²) < 4.78 is 15.6. The first-order valence-electron chi connectivity index (χ1n) is 7.64. The molecule has 1 N–H and O–H groups in total. The van der Waals surface area contributed by atoms with Gasteiger partial charge < -0.3 is 19.3 Å². The van der Waals surface area contributed by atoms with Crippen molar-refractivity contribution in [3.8, 4) is 5.75 Å². The van der Waals surface area contributed by atoms with E-state index >= 15 is 0 Å². The van der Waals surface area contributed by atoms with Gasteiger partial charge in [0.15, 0.2) is 0 Å². The number of carboxylic acids is 1. The molecule has 0 radical (unpaired) electrons. The van der Waals surface area contributed by atoms with Crippen LogP contribution in [-0.2, 0) is 23.9 Å². The Hall–Kier alpha value is -3.35. The Morgan fingerprint density at radius 1 is 1.04 bits per heavy atom. The maximum absolute atomic E-state index is 12.5. The summed E-state index contributed by atoms with van der Waals surface area (Å²) in [6.07, 6.45) is 2.48. The molecule has 0 amide bonds. The zero-order valence-electron chi connectivity index (χ0n) is 14.6. The zero-order chi connectivity index (χ0) is 19.3. The third-order valence-electron chi connectivity index (χ3n) is 3.78. The highest BCUT2D eigenvalue weighted by molar-refractivity contribution is 6.23. The number of ether oxygens (including phenoxy) is 3. The minimum absolute atomic E-state index is 0.107. The van der Waals surface area contributed by atoms with E-state index in [1.807, 2.05) is 0 Å². The van der Waals surface area contributed by atoms with Gasteiger partial charge >= 0.3 is 5.97 Å². The molecule has 0 aliphatic heterocycles. The van der Waals surface area contributed by atoms with Crippen LogP contribution in [0.15, 0.2) is 53.0 Å². The van der Waals surface area contributed by atoms with Crippen LogP contribution in [-0.4, -0.2) is 43.5 Å². The van der Waals surface area contributed by atoms with Gasteiger partial charge in [0.25, 0.3) is 0 Å². The van der Waals surface area contributed by atoms with Gasteiger partial charge in [-0.3, -0.25) is 9.59 Å². The van der Waals surface area contributed by atoms with Crippen molar-refractivity contribution in [2.24, 2.45) is 0 Å². The number of benzene rings is 1. The molecule has 0 unspecified atom stereocenters. The average molecular weight is 358 g/mol. The fourth-order valence-corrected chi connectivity index (χ4v) is 2.36. The predicted octanol–water partition coefficient (Wildman–Crippen LogP) is 2.14. The lowest BCUT2D eigenvalue weighted by molar-refractivity contribution is -0.131. The fourth-order valence-electron chi connectivity index (χ4n) is 2.36. The Balaban J connectivity index is 2.14. The van der Waals surface area contributed by atoms with Crippen LogP contribution in [0.1, 0.15) is 12.5 Å². The molecular formula is C19H18O7. The van der Waals surface area contributed by atoms with E-state index in [1.165, 1.54) is 27.2 Å². The third-order valence-corrected chi connectivity index (χ3v) is 3.78. The smallest absolute Gasteiger partial charge is 0.328 e. The molecule has 7 nitrogen and oxygen atoms in total. The maximum atomic E-state index is 12.5. The standard InChI is InChI=1S/C19H18O7/c1-11-14(17(23)19(25-3)18(24-2)16(11)22)10-26-13-7-4-12(5-8-13)6-9-15(20)21/h4-9H,10H2,1-3H3,(H,20,21). The Morgan fingerprint density at radius 3 is 2.15 bits per heavy atom. The number of hydrogen-bond acceptors (Lipinski definition) is 6. The molecule has 2 rings (SSSR count). The van der Waals surface area contributed by atoms with Crippen molar-refractivity contribution in [1.82, 2.24) is 0 Å². The number of ketones is 2. The number of aliphatic carboxylic acids is 1. The molecule has 0 aromatic heterocycles. The van der Waals surface area contributed by atoms with E-state index in [4.69, 9.17) is 19.3 Å². The minimum atomic E-state index is -1.04. The summed E-state index contributed by atoms with van der Waals surface area (Å²) in [7, 11) is 2.59. The normalized spacial score (nSPS) is 14.9. The molecule has 0 spiro atoms. The van der Waals surface area contributed by atoms with Gasteiger partial charge in [-0.05, 0) is 30.7 Å². The molecule has 0 atom stereocenters. The topological polar surface area (TPSA) is 99.1 Å². The first-order valence-corrected chi connectivity index (χ1v) is 7.64. The molecule has 1 aliphatic carbocycles. The molecule has 1 aliphatic rings. The summed E-state index contributed by atoms with van der Waals surface area (Å²) in [6.45, 7) is 1.43. The van der Waals surface area contributed by atoms with E-state index in [2.05, 4.69) is 0 Å². The quantitative estimate of drug-likeness (QED) is 0.589. The first-order chi connectivity index (χ1) is 12.4. The lowest BCUT2D eigenvalue weighted by Gasteiger charge is -2.20. The number of methoxy groups -OCH3 is 2. The average Bonchev–Trinajstić information content (AvgIpc) is 2.63. The Labute approximate surface area is 150 Å². The molecule has 26 heavy (non-hydrogen) atoms. The summed E-state index contributed by atoms with van der Waals surface area (Å²) in [5, 5.41) is 8.61. The summed E-state index contributed by atoms with van der Waals surface area (Å²) in [4.78, 5) is 35.3. The highest BCUT2D eigenvalue weighted by atomic mass is 16.5. The van der Waals surface area contributed by atoms with Gasteiger partial charge in [-0.25, -0.2) is 4.79 Å². The van der Waals surface area contributed by atoms with Gasteiger partial charge in [0, 0.05) is 17.2 Å². The second kappa shape index (κ2) is 8.15. The van der Waals surface area contributed by atoms with Crippen molar-refractivity contribution in [3.63, 3.8) is 0 Å². The summed E-state index contributed by atoms with van der Waals surface area (Å²) in [6, 6.07) is 6.63. The van der Waals surface area contributed by atoms with E-state index in [0.29, 0.717) is 11.3 Å². The number of rotatable bonds is 7. The van der Waals surface area contributed by atoms with Crippen LogP contribution in [0.3, 0.4) is 0 Å². The first kappa shape index (κ1) is 19.0. The van der Waals surface area contributed by atoms with Crippen molar-refractivity contribution in [2.75, 3.05) is 20.8 Å².